The maximum absolute atomic E-state index is 13.1. The number of hydrogen-bond acceptors (Lipinski definition) is 6. The van der Waals surface area contributed by atoms with Gasteiger partial charge in [-0.05, 0) is 73.5 Å². The minimum absolute atomic E-state index is 0.0162. The van der Waals surface area contributed by atoms with Crippen LogP contribution < -0.4 is 9.03 Å². The van der Waals surface area contributed by atoms with E-state index in [1.165, 1.54) is 28.6 Å². The van der Waals surface area contributed by atoms with Crippen LogP contribution in [-0.2, 0) is 20.0 Å². The monoisotopic (exact) mass is 542 g/mol. The molecule has 0 spiro atoms. The third kappa shape index (κ3) is 4.88. The standard InChI is InChI=1S/C25H23ClN4O4S2/c26-23-11-6-18(17-22(23)25-21-5-4-13-27-24(21)12-14-28-25)29-36(33,34)20-9-7-19(8-10-20)30-15-2-1-3-16-35(30,31)32/h4-14,17,29H,1-3,15-16H2. The first kappa shape index (κ1) is 24.5. The number of aromatic nitrogens is 2. The van der Waals surface area contributed by atoms with Gasteiger partial charge in [0, 0.05) is 35.6 Å². The van der Waals surface area contributed by atoms with Gasteiger partial charge in [-0.15, -0.1) is 0 Å². The fourth-order valence-corrected chi connectivity index (χ4v) is 7.14. The van der Waals surface area contributed by atoms with Gasteiger partial charge in [0.25, 0.3) is 10.0 Å². The molecule has 1 fully saturated rings. The summed E-state index contributed by atoms with van der Waals surface area (Å²) in [6, 6.07) is 16.2. The first-order valence-electron chi connectivity index (χ1n) is 11.4. The molecule has 1 aliphatic rings. The van der Waals surface area contributed by atoms with Crippen LogP contribution in [0.4, 0.5) is 11.4 Å². The predicted molar refractivity (Wildman–Crippen MR) is 142 cm³/mol. The molecular formula is C25H23ClN4O4S2. The zero-order chi connectivity index (χ0) is 25.3. The van der Waals surface area contributed by atoms with Gasteiger partial charge in [0.15, 0.2) is 0 Å². The second-order valence-corrected chi connectivity index (χ2v) is 12.6. The molecule has 0 radical (unpaired) electrons. The summed E-state index contributed by atoms with van der Waals surface area (Å²) in [6.45, 7) is 0.387. The van der Waals surface area contributed by atoms with Crippen molar-refractivity contribution in [3.8, 4) is 11.3 Å². The average Bonchev–Trinajstić information content (AvgIpc) is 3.05. The normalized spacial score (nSPS) is 16.0. The number of nitrogens with one attached hydrogen (secondary N) is 1. The van der Waals surface area contributed by atoms with Crippen molar-refractivity contribution >= 4 is 53.9 Å². The Bertz CT molecular complexity index is 1640. The minimum Gasteiger partial charge on any atom is -0.280 e. The number of sulfonamides is 2. The summed E-state index contributed by atoms with van der Waals surface area (Å²) in [5.74, 6) is 0.0924. The number of anilines is 2. The molecule has 5 rings (SSSR count). The molecule has 0 amide bonds. The molecule has 0 bridgehead atoms. The number of benzene rings is 2. The van der Waals surface area contributed by atoms with E-state index in [9.17, 15) is 16.8 Å². The van der Waals surface area contributed by atoms with Crippen molar-refractivity contribution in [3.05, 3.63) is 78.1 Å². The molecule has 2 aromatic carbocycles. The van der Waals surface area contributed by atoms with E-state index in [1.807, 2.05) is 6.07 Å². The van der Waals surface area contributed by atoms with Crippen LogP contribution in [0, 0.1) is 0 Å². The van der Waals surface area contributed by atoms with Crippen LogP contribution in [0.2, 0.25) is 5.02 Å². The van der Waals surface area contributed by atoms with Gasteiger partial charge < -0.3 is 0 Å². The lowest BCUT2D eigenvalue weighted by Crippen LogP contribution is -2.32. The molecular weight excluding hydrogens is 520 g/mol. The van der Waals surface area contributed by atoms with Crippen LogP contribution in [0.15, 0.2) is 78.0 Å². The van der Waals surface area contributed by atoms with Crippen LogP contribution in [0.5, 0.6) is 0 Å². The molecule has 8 nitrogen and oxygen atoms in total. The lowest BCUT2D eigenvalue weighted by molar-refractivity contribution is 0.592. The van der Waals surface area contributed by atoms with Gasteiger partial charge in [0.2, 0.25) is 10.0 Å². The van der Waals surface area contributed by atoms with Gasteiger partial charge in [-0.1, -0.05) is 18.0 Å². The summed E-state index contributed by atoms with van der Waals surface area (Å²) < 4.78 is 55.3. The molecule has 1 saturated heterocycles. The molecule has 0 aliphatic carbocycles. The Hall–Kier alpha value is -3.21. The minimum atomic E-state index is -3.94. The fourth-order valence-electron chi connectivity index (χ4n) is 4.25. The molecule has 11 heteroatoms. The zero-order valence-corrected chi connectivity index (χ0v) is 21.5. The van der Waals surface area contributed by atoms with Crippen molar-refractivity contribution in [1.29, 1.82) is 0 Å². The van der Waals surface area contributed by atoms with Crippen molar-refractivity contribution in [1.82, 2.24) is 9.97 Å². The summed E-state index contributed by atoms with van der Waals surface area (Å²) in [5, 5.41) is 1.21. The van der Waals surface area contributed by atoms with Crippen molar-refractivity contribution in [2.24, 2.45) is 0 Å². The first-order valence-corrected chi connectivity index (χ1v) is 14.8. The number of fused-ring (bicyclic) bond motifs is 1. The van der Waals surface area contributed by atoms with E-state index < -0.39 is 20.0 Å². The third-order valence-corrected chi connectivity index (χ3v) is 9.63. The van der Waals surface area contributed by atoms with Crippen molar-refractivity contribution in [3.63, 3.8) is 0 Å². The number of halogens is 1. The quantitative estimate of drug-likeness (QED) is 0.377. The molecule has 1 aliphatic heterocycles. The van der Waals surface area contributed by atoms with E-state index in [-0.39, 0.29) is 10.6 Å². The SMILES string of the molecule is O=S(=O)(Nc1ccc(Cl)c(-c2nccc3ncccc23)c1)c1ccc(N2CCCCCS2(=O)=O)cc1. The number of nitrogens with zero attached hydrogens (tertiary/aromatic N) is 3. The second kappa shape index (κ2) is 9.68. The third-order valence-electron chi connectivity index (χ3n) is 6.04. The van der Waals surface area contributed by atoms with Gasteiger partial charge in [0.05, 0.1) is 32.6 Å². The molecule has 0 saturated carbocycles. The highest BCUT2D eigenvalue weighted by Crippen LogP contribution is 2.34. The Morgan fingerprint density at radius 1 is 0.917 bits per heavy atom. The topological polar surface area (TPSA) is 109 Å². The van der Waals surface area contributed by atoms with E-state index in [0.717, 1.165) is 23.7 Å². The second-order valence-electron chi connectivity index (χ2n) is 8.47. The number of hydrogen-bond donors (Lipinski definition) is 1. The molecule has 4 aromatic rings. The Morgan fingerprint density at radius 2 is 1.72 bits per heavy atom. The summed E-state index contributed by atoms with van der Waals surface area (Å²) >= 11 is 6.45. The summed E-state index contributed by atoms with van der Waals surface area (Å²) in [5.41, 5.74) is 2.68. The molecule has 186 valence electrons. The fraction of sp³-hybridized carbons (Fsp3) is 0.200. The highest BCUT2D eigenvalue weighted by Gasteiger charge is 2.25. The smallest absolute Gasteiger partial charge is 0.261 e. The highest BCUT2D eigenvalue weighted by molar-refractivity contribution is 7.93. The van der Waals surface area contributed by atoms with Gasteiger partial charge in [-0.2, -0.15) is 0 Å². The van der Waals surface area contributed by atoms with Crippen LogP contribution >= 0.6 is 11.6 Å². The number of rotatable bonds is 5. The van der Waals surface area contributed by atoms with Crippen molar-refractivity contribution < 1.29 is 16.8 Å². The molecule has 3 heterocycles. The van der Waals surface area contributed by atoms with Crippen molar-refractivity contribution in [2.75, 3.05) is 21.3 Å². The summed E-state index contributed by atoms with van der Waals surface area (Å²) in [6.07, 6.45) is 5.56. The largest absolute Gasteiger partial charge is 0.280 e. The maximum Gasteiger partial charge on any atom is 0.261 e. The molecule has 0 unspecified atom stereocenters. The Labute approximate surface area is 215 Å². The molecule has 1 N–H and O–H groups in total. The van der Waals surface area contributed by atoms with E-state index in [1.54, 1.807) is 42.7 Å². The Kier molecular flexibility index (Phi) is 6.59. The summed E-state index contributed by atoms with van der Waals surface area (Å²) in [4.78, 5) is 8.80. The lowest BCUT2D eigenvalue weighted by Gasteiger charge is -2.22. The lowest BCUT2D eigenvalue weighted by atomic mass is 10.1. The van der Waals surface area contributed by atoms with E-state index in [2.05, 4.69) is 14.7 Å². The van der Waals surface area contributed by atoms with Crippen LogP contribution in [0.1, 0.15) is 19.3 Å². The first-order chi connectivity index (χ1) is 17.2. The van der Waals surface area contributed by atoms with Crippen LogP contribution in [0.25, 0.3) is 22.2 Å². The summed E-state index contributed by atoms with van der Waals surface area (Å²) in [7, 11) is -7.36. The van der Waals surface area contributed by atoms with Crippen molar-refractivity contribution in [2.45, 2.75) is 24.2 Å². The van der Waals surface area contributed by atoms with Crippen LogP contribution in [0.3, 0.4) is 0 Å². The average molecular weight is 543 g/mol. The van der Waals surface area contributed by atoms with E-state index in [0.29, 0.717) is 40.6 Å². The molecule has 0 atom stereocenters. The molecule has 36 heavy (non-hydrogen) atoms. The zero-order valence-electron chi connectivity index (χ0n) is 19.1. The number of pyridine rings is 2. The van der Waals surface area contributed by atoms with Gasteiger partial charge >= 0.3 is 0 Å². The van der Waals surface area contributed by atoms with Gasteiger partial charge in [0.1, 0.15) is 0 Å². The molecule has 2 aromatic heterocycles. The Morgan fingerprint density at radius 3 is 2.53 bits per heavy atom. The maximum atomic E-state index is 13.1. The van der Waals surface area contributed by atoms with E-state index >= 15 is 0 Å². The predicted octanol–water partition coefficient (Wildman–Crippen LogP) is 5.07. The van der Waals surface area contributed by atoms with E-state index in [4.69, 9.17) is 11.6 Å². The van der Waals surface area contributed by atoms with Gasteiger partial charge in [-0.3, -0.25) is 19.0 Å². The Balaban J connectivity index is 1.43. The highest BCUT2D eigenvalue weighted by atomic mass is 35.5. The van der Waals surface area contributed by atoms with Gasteiger partial charge in [-0.25, -0.2) is 16.8 Å². The van der Waals surface area contributed by atoms with Crippen LogP contribution in [-0.4, -0.2) is 39.1 Å².